The molecule has 0 amide bonds. The lowest BCUT2D eigenvalue weighted by Crippen LogP contribution is -1.96. The van der Waals surface area contributed by atoms with Crippen molar-refractivity contribution in [2.24, 2.45) is 0 Å². The van der Waals surface area contributed by atoms with Gasteiger partial charge in [0.15, 0.2) is 0 Å². The first-order chi connectivity index (χ1) is 11.5. The Labute approximate surface area is 144 Å². The van der Waals surface area contributed by atoms with Crippen LogP contribution in [0.4, 0.5) is 22.7 Å². The predicted molar refractivity (Wildman–Crippen MR) is 105 cm³/mol. The van der Waals surface area contributed by atoms with Crippen LogP contribution < -0.4 is 10.6 Å². The number of benzene rings is 3. The standard InChI is InChI=1S/C22H24N2/c1-15-5-11-21(17(3)13-15)23-19-7-9-20(10-8-19)24-22-12-6-16(2)14-18(22)4/h5-14,23-24H,1-4H3. The predicted octanol–water partition coefficient (Wildman–Crippen LogP) is 6.41. The summed E-state index contributed by atoms with van der Waals surface area (Å²) in [5, 5.41) is 6.96. The smallest absolute Gasteiger partial charge is 0.0414 e. The van der Waals surface area contributed by atoms with Crippen molar-refractivity contribution in [2.75, 3.05) is 10.6 Å². The molecule has 0 aliphatic heterocycles. The third kappa shape index (κ3) is 3.77. The Morgan fingerprint density at radius 2 is 0.875 bits per heavy atom. The van der Waals surface area contributed by atoms with Gasteiger partial charge in [-0.1, -0.05) is 35.4 Å². The summed E-state index contributed by atoms with van der Waals surface area (Å²) in [7, 11) is 0. The molecule has 0 aliphatic rings. The maximum Gasteiger partial charge on any atom is 0.0414 e. The first-order valence-corrected chi connectivity index (χ1v) is 8.30. The molecule has 2 N–H and O–H groups in total. The lowest BCUT2D eigenvalue weighted by Gasteiger charge is -2.13. The van der Waals surface area contributed by atoms with Crippen molar-refractivity contribution in [3.63, 3.8) is 0 Å². The van der Waals surface area contributed by atoms with E-state index in [9.17, 15) is 0 Å². The van der Waals surface area contributed by atoms with Crippen LogP contribution >= 0.6 is 0 Å². The van der Waals surface area contributed by atoms with Crippen LogP contribution in [0, 0.1) is 27.7 Å². The minimum Gasteiger partial charge on any atom is -0.355 e. The molecule has 0 saturated heterocycles. The van der Waals surface area contributed by atoms with E-state index < -0.39 is 0 Å². The molecule has 3 aromatic carbocycles. The van der Waals surface area contributed by atoms with Crippen LogP contribution in [0.3, 0.4) is 0 Å². The van der Waals surface area contributed by atoms with Crippen molar-refractivity contribution in [1.29, 1.82) is 0 Å². The van der Waals surface area contributed by atoms with Crippen molar-refractivity contribution >= 4 is 22.7 Å². The zero-order valence-corrected chi connectivity index (χ0v) is 14.8. The summed E-state index contributed by atoms with van der Waals surface area (Å²) < 4.78 is 0. The van der Waals surface area contributed by atoms with Gasteiger partial charge in [-0.25, -0.2) is 0 Å². The van der Waals surface area contributed by atoms with Gasteiger partial charge in [-0.3, -0.25) is 0 Å². The second kappa shape index (κ2) is 6.79. The lowest BCUT2D eigenvalue weighted by atomic mass is 10.1. The van der Waals surface area contributed by atoms with Crippen molar-refractivity contribution in [2.45, 2.75) is 27.7 Å². The third-order valence-electron chi connectivity index (χ3n) is 4.21. The molecule has 0 unspecified atom stereocenters. The SMILES string of the molecule is Cc1ccc(Nc2ccc(Nc3ccc(C)cc3C)cc2)c(C)c1. The Morgan fingerprint density at radius 1 is 0.500 bits per heavy atom. The molecular formula is C22H24N2. The summed E-state index contributed by atoms with van der Waals surface area (Å²) in [5.41, 5.74) is 9.56. The van der Waals surface area contributed by atoms with Crippen LogP contribution in [-0.4, -0.2) is 0 Å². The number of aryl methyl sites for hydroxylation is 4. The summed E-state index contributed by atoms with van der Waals surface area (Å²) in [4.78, 5) is 0. The first kappa shape index (κ1) is 16.1. The molecule has 24 heavy (non-hydrogen) atoms. The van der Waals surface area contributed by atoms with E-state index in [1.54, 1.807) is 0 Å². The molecule has 0 spiro atoms. The summed E-state index contributed by atoms with van der Waals surface area (Å²) in [6.07, 6.45) is 0. The normalized spacial score (nSPS) is 10.5. The van der Waals surface area contributed by atoms with E-state index in [1.165, 1.54) is 22.3 Å². The maximum atomic E-state index is 3.48. The molecule has 2 nitrogen and oxygen atoms in total. The molecule has 0 aromatic heterocycles. The van der Waals surface area contributed by atoms with E-state index in [0.29, 0.717) is 0 Å². The highest BCUT2D eigenvalue weighted by molar-refractivity contribution is 5.68. The van der Waals surface area contributed by atoms with Crippen molar-refractivity contribution in [1.82, 2.24) is 0 Å². The van der Waals surface area contributed by atoms with Crippen molar-refractivity contribution in [3.8, 4) is 0 Å². The molecule has 0 fully saturated rings. The molecule has 3 aromatic rings. The van der Waals surface area contributed by atoms with E-state index >= 15 is 0 Å². The second-order valence-corrected chi connectivity index (χ2v) is 6.46. The van der Waals surface area contributed by atoms with Gasteiger partial charge in [0.2, 0.25) is 0 Å². The number of rotatable bonds is 4. The molecule has 0 heterocycles. The van der Waals surface area contributed by atoms with E-state index in [0.717, 1.165) is 22.7 Å². The molecule has 2 heteroatoms. The van der Waals surface area contributed by atoms with Crippen LogP contribution in [0.25, 0.3) is 0 Å². The topological polar surface area (TPSA) is 24.1 Å². The lowest BCUT2D eigenvalue weighted by molar-refractivity contribution is 1.36. The van der Waals surface area contributed by atoms with Crippen molar-refractivity contribution in [3.05, 3.63) is 82.9 Å². The van der Waals surface area contributed by atoms with E-state index in [4.69, 9.17) is 0 Å². The number of hydrogen-bond acceptors (Lipinski definition) is 2. The van der Waals surface area contributed by atoms with Crippen LogP contribution in [0.2, 0.25) is 0 Å². The van der Waals surface area contributed by atoms with Gasteiger partial charge >= 0.3 is 0 Å². The number of hydrogen-bond donors (Lipinski definition) is 2. The fourth-order valence-corrected chi connectivity index (χ4v) is 2.86. The molecule has 3 rings (SSSR count). The average Bonchev–Trinajstić information content (AvgIpc) is 2.54. The maximum absolute atomic E-state index is 3.48. The molecule has 0 bridgehead atoms. The second-order valence-electron chi connectivity index (χ2n) is 6.46. The highest BCUT2D eigenvalue weighted by atomic mass is 14.9. The minimum absolute atomic E-state index is 1.09. The Morgan fingerprint density at radius 3 is 1.21 bits per heavy atom. The number of nitrogens with one attached hydrogen (secondary N) is 2. The van der Waals surface area contributed by atoms with Gasteiger partial charge in [0.1, 0.15) is 0 Å². The van der Waals surface area contributed by atoms with E-state index in [-0.39, 0.29) is 0 Å². The fourth-order valence-electron chi connectivity index (χ4n) is 2.86. The molecule has 122 valence electrons. The van der Waals surface area contributed by atoms with E-state index in [2.05, 4.69) is 99.0 Å². The van der Waals surface area contributed by atoms with Gasteiger partial charge < -0.3 is 10.6 Å². The molecular weight excluding hydrogens is 292 g/mol. The summed E-state index contributed by atoms with van der Waals surface area (Å²) in [6.45, 7) is 8.49. The molecule has 0 atom stereocenters. The van der Waals surface area contributed by atoms with Gasteiger partial charge in [0.25, 0.3) is 0 Å². The van der Waals surface area contributed by atoms with Gasteiger partial charge in [-0.2, -0.15) is 0 Å². The van der Waals surface area contributed by atoms with Gasteiger partial charge in [0.05, 0.1) is 0 Å². The number of anilines is 4. The summed E-state index contributed by atoms with van der Waals surface area (Å²) in [6, 6.07) is 21.3. The van der Waals surface area contributed by atoms with Gasteiger partial charge in [-0.05, 0) is 75.2 Å². The average molecular weight is 316 g/mol. The molecule has 0 saturated carbocycles. The quantitative estimate of drug-likeness (QED) is 0.581. The first-order valence-electron chi connectivity index (χ1n) is 8.30. The summed E-state index contributed by atoms with van der Waals surface area (Å²) in [5.74, 6) is 0. The zero-order chi connectivity index (χ0) is 17.1. The highest BCUT2D eigenvalue weighted by Crippen LogP contribution is 2.25. The van der Waals surface area contributed by atoms with Crippen LogP contribution in [0.15, 0.2) is 60.7 Å². The third-order valence-corrected chi connectivity index (χ3v) is 4.21. The monoisotopic (exact) mass is 316 g/mol. The van der Waals surface area contributed by atoms with Crippen LogP contribution in [0.5, 0.6) is 0 Å². The Hall–Kier alpha value is -2.74. The Kier molecular flexibility index (Phi) is 4.57. The highest BCUT2D eigenvalue weighted by Gasteiger charge is 2.02. The molecule has 0 radical (unpaired) electrons. The zero-order valence-electron chi connectivity index (χ0n) is 14.8. The molecule has 0 aliphatic carbocycles. The Bertz CT molecular complexity index is 776. The minimum atomic E-state index is 1.09. The fraction of sp³-hybridized carbons (Fsp3) is 0.182. The van der Waals surface area contributed by atoms with E-state index in [1.807, 2.05) is 0 Å². The van der Waals surface area contributed by atoms with Crippen LogP contribution in [-0.2, 0) is 0 Å². The largest absolute Gasteiger partial charge is 0.355 e. The van der Waals surface area contributed by atoms with Gasteiger partial charge in [0, 0.05) is 22.7 Å². The Balaban J connectivity index is 1.73. The van der Waals surface area contributed by atoms with Crippen molar-refractivity contribution < 1.29 is 0 Å². The van der Waals surface area contributed by atoms with Crippen LogP contribution in [0.1, 0.15) is 22.3 Å². The summed E-state index contributed by atoms with van der Waals surface area (Å²) >= 11 is 0. The van der Waals surface area contributed by atoms with Gasteiger partial charge in [-0.15, -0.1) is 0 Å².